The van der Waals surface area contributed by atoms with Crippen molar-refractivity contribution in [1.29, 1.82) is 0 Å². The van der Waals surface area contributed by atoms with Gasteiger partial charge in [-0.1, -0.05) is 30.3 Å². The fourth-order valence-corrected chi connectivity index (χ4v) is 3.22. The Balaban J connectivity index is 1.55. The third-order valence-corrected chi connectivity index (χ3v) is 4.34. The molecule has 1 atom stereocenters. The van der Waals surface area contributed by atoms with Crippen molar-refractivity contribution in [2.24, 2.45) is 5.92 Å². The molecule has 104 valence electrons. The van der Waals surface area contributed by atoms with Gasteiger partial charge in [-0.3, -0.25) is 4.90 Å². The highest BCUT2D eigenvalue weighted by Gasteiger charge is 2.28. The monoisotopic (exact) mass is 260 g/mol. The lowest BCUT2D eigenvalue weighted by molar-refractivity contribution is -0.0656. The van der Waals surface area contributed by atoms with Crippen molar-refractivity contribution in [3.63, 3.8) is 0 Å². The van der Waals surface area contributed by atoms with Crippen molar-refractivity contribution in [2.45, 2.75) is 25.5 Å². The zero-order valence-electron chi connectivity index (χ0n) is 11.6. The van der Waals surface area contributed by atoms with E-state index in [0.717, 1.165) is 45.2 Å². The van der Waals surface area contributed by atoms with E-state index in [2.05, 4.69) is 40.5 Å². The van der Waals surface area contributed by atoms with Crippen LogP contribution in [0.15, 0.2) is 30.3 Å². The molecule has 2 heterocycles. The van der Waals surface area contributed by atoms with Crippen LogP contribution in [0.2, 0.25) is 0 Å². The molecule has 2 aliphatic rings. The van der Waals surface area contributed by atoms with Crippen LogP contribution in [0.4, 0.5) is 0 Å². The maximum atomic E-state index is 6.02. The molecule has 0 aliphatic carbocycles. The lowest BCUT2D eigenvalue weighted by atomic mass is 9.91. The molecule has 2 aliphatic heterocycles. The van der Waals surface area contributed by atoms with Gasteiger partial charge >= 0.3 is 0 Å². The Bertz CT molecular complexity index is 376. The first-order valence-electron chi connectivity index (χ1n) is 7.50. The largest absolute Gasteiger partial charge is 0.375 e. The van der Waals surface area contributed by atoms with E-state index in [4.69, 9.17) is 4.74 Å². The van der Waals surface area contributed by atoms with Crippen LogP contribution in [-0.2, 0) is 11.3 Å². The van der Waals surface area contributed by atoms with Crippen molar-refractivity contribution in [3.05, 3.63) is 35.9 Å². The van der Waals surface area contributed by atoms with Gasteiger partial charge in [-0.15, -0.1) is 0 Å². The molecule has 1 aromatic rings. The van der Waals surface area contributed by atoms with Gasteiger partial charge in [0, 0.05) is 19.6 Å². The number of hydrogen-bond donors (Lipinski definition) is 1. The van der Waals surface area contributed by atoms with Gasteiger partial charge in [0.2, 0.25) is 0 Å². The second kappa shape index (κ2) is 6.51. The van der Waals surface area contributed by atoms with Crippen LogP contribution in [-0.4, -0.2) is 43.8 Å². The lowest BCUT2D eigenvalue weighted by Gasteiger charge is -2.38. The van der Waals surface area contributed by atoms with Crippen molar-refractivity contribution in [2.75, 3.05) is 32.8 Å². The quantitative estimate of drug-likeness (QED) is 0.898. The van der Waals surface area contributed by atoms with Crippen LogP contribution < -0.4 is 5.32 Å². The molecule has 1 aromatic carbocycles. The van der Waals surface area contributed by atoms with Gasteiger partial charge in [0.1, 0.15) is 0 Å². The van der Waals surface area contributed by atoms with Gasteiger partial charge < -0.3 is 10.1 Å². The summed E-state index contributed by atoms with van der Waals surface area (Å²) in [4.78, 5) is 2.55. The van der Waals surface area contributed by atoms with Crippen LogP contribution in [0.3, 0.4) is 0 Å². The van der Waals surface area contributed by atoms with E-state index < -0.39 is 0 Å². The van der Waals surface area contributed by atoms with Crippen LogP contribution in [0.5, 0.6) is 0 Å². The minimum atomic E-state index is 0.444. The van der Waals surface area contributed by atoms with Gasteiger partial charge in [0.15, 0.2) is 0 Å². The summed E-state index contributed by atoms with van der Waals surface area (Å²) in [6, 6.07) is 10.8. The molecule has 3 heteroatoms. The standard InChI is InChI=1S/C16H24N2O/c1-2-4-14(5-3-1)12-18-10-11-19-16(13-18)15-6-8-17-9-7-15/h1-5,15-17H,6-13H2/t16-/m1/s1. The zero-order valence-corrected chi connectivity index (χ0v) is 11.6. The molecule has 0 amide bonds. The molecular weight excluding hydrogens is 236 g/mol. The van der Waals surface area contributed by atoms with Gasteiger partial charge in [0.25, 0.3) is 0 Å². The Morgan fingerprint density at radius 2 is 1.95 bits per heavy atom. The molecule has 0 aromatic heterocycles. The molecule has 0 saturated carbocycles. The fourth-order valence-electron chi connectivity index (χ4n) is 3.22. The van der Waals surface area contributed by atoms with E-state index in [-0.39, 0.29) is 0 Å². The van der Waals surface area contributed by atoms with Gasteiger partial charge in [-0.2, -0.15) is 0 Å². The van der Waals surface area contributed by atoms with Gasteiger partial charge in [0.05, 0.1) is 12.7 Å². The first kappa shape index (κ1) is 13.1. The maximum Gasteiger partial charge on any atom is 0.0731 e. The topological polar surface area (TPSA) is 24.5 Å². The molecule has 3 rings (SSSR count). The highest BCUT2D eigenvalue weighted by molar-refractivity contribution is 5.14. The zero-order chi connectivity index (χ0) is 12.9. The summed E-state index contributed by atoms with van der Waals surface area (Å²) in [5.74, 6) is 0.750. The maximum absolute atomic E-state index is 6.02. The molecule has 2 fully saturated rings. The minimum absolute atomic E-state index is 0.444. The van der Waals surface area contributed by atoms with Gasteiger partial charge in [-0.05, 0) is 37.4 Å². The summed E-state index contributed by atoms with van der Waals surface area (Å²) in [5, 5.41) is 3.44. The average Bonchev–Trinajstić information content (AvgIpc) is 2.49. The predicted molar refractivity (Wildman–Crippen MR) is 77.1 cm³/mol. The molecule has 0 radical (unpaired) electrons. The SMILES string of the molecule is c1ccc(CN2CCO[C@@H](C3CCNCC3)C2)cc1. The Labute approximate surface area is 115 Å². The van der Waals surface area contributed by atoms with Gasteiger partial charge in [-0.25, -0.2) is 0 Å². The number of nitrogens with zero attached hydrogens (tertiary/aromatic N) is 1. The predicted octanol–water partition coefficient (Wildman–Crippen LogP) is 1.89. The molecule has 0 unspecified atom stereocenters. The first-order chi connectivity index (χ1) is 9.42. The third-order valence-electron chi connectivity index (χ3n) is 4.34. The van der Waals surface area contributed by atoms with E-state index in [1.165, 1.54) is 18.4 Å². The summed E-state index contributed by atoms with van der Waals surface area (Å²) in [6.45, 7) is 6.43. The second-order valence-electron chi connectivity index (χ2n) is 5.72. The number of benzene rings is 1. The number of nitrogens with one attached hydrogen (secondary N) is 1. The highest BCUT2D eigenvalue weighted by atomic mass is 16.5. The van der Waals surface area contributed by atoms with Crippen LogP contribution in [0.1, 0.15) is 18.4 Å². The summed E-state index contributed by atoms with van der Waals surface area (Å²) in [6.07, 6.45) is 2.98. The molecule has 3 nitrogen and oxygen atoms in total. The van der Waals surface area contributed by atoms with E-state index in [0.29, 0.717) is 6.10 Å². The van der Waals surface area contributed by atoms with E-state index in [1.54, 1.807) is 0 Å². The summed E-state index contributed by atoms with van der Waals surface area (Å²) in [5.41, 5.74) is 1.41. The summed E-state index contributed by atoms with van der Waals surface area (Å²) < 4.78 is 6.02. The Morgan fingerprint density at radius 1 is 1.16 bits per heavy atom. The molecule has 2 saturated heterocycles. The van der Waals surface area contributed by atoms with E-state index in [9.17, 15) is 0 Å². The highest BCUT2D eigenvalue weighted by Crippen LogP contribution is 2.23. The Hall–Kier alpha value is -0.900. The molecular formula is C16H24N2O. The molecule has 0 spiro atoms. The number of rotatable bonds is 3. The van der Waals surface area contributed by atoms with Crippen LogP contribution in [0.25, 0.3) is 0 Å². The third kappa shape index (κ3) is 3.56. The number of hydrogen-bond acceptors (Lipinski definition) is 3. The number of morpholine rings is 1. The fraction of sp³-hybridized carbons (Fsp3) is 0.625. The molecule has 19 heavy (non-hydrogen) atoms. The summed E-state index contributed by atoms with van der Waals surface area (Å²) >= 11 is 0. The lowest BCUT2D eigenvalue weighted by Crippen LogP contribution is -2.47. The normalized spacial score (nSPS) is 26.4. The Morgan fingerprint density at radius 3 is 2.74 bits per heavy atom. The first-order valence-corrected chi connectivity index (χ1v) is 7.50. The number of ether oxygens (including phenoxy) is 1. The Kier molecular flexibility index (Phi) is 4.49. The van der Waals surface area contributed by atoms with Crippen molar-refractivity contribution in [3.8, 4) is 0 Å². The minimum Gasteiger partial charge on any atom is -0.375 e. The average molecular weight is 260 g/mol. The second-order valence-corrected chi connectivity index (χ2v) is 5.72. The summed E-state index contributed by atoms with van der Waals surface area (Å²) in [7, 11) is 0. The van der Waals surface area contributed by atoms with Crippen LogP contribution in [0, 0.1) is 5.92 Å². The van der Waals surface area contributed by atoms with E-state index in [1.807, 2.05) is 0 Å². The van der Waals surface area contributed by atoms with Crippen molar-refractivity contribution >= 4 is 0 Å². The molecule has 0 bridgehead atoms. The van der Waals surface area contributed by atoms with Crippen molar-refractivity contribution in [1.82, 2.24) is 10.2 Å². The van der Waals surface area contributed by atoms with Crippen molar-refractivity contribution < 1.29 is 4.74 Å². The number of piperidine rings is 1. The molecule has 1 N–H and O–H groups in total. The van der Waals surface area contributed by atoms with Crippen LogP contribution >= 0.6 is 0 Å². The smallest absolute Gasteiger partial charge is 0.0731 e. The van der Waals surface area contributed by atoms with E-state index >= 15 is 0 Å².